The van der Waals surface area contributed by atoms with Crippen LogP contribution in [-0.2, 0) is 11.2 Å². The summed E-state index contributed by atoms with van der Waals surface area (Å²) in [4.78, 5) is 35.4. The third-order valence-electron chi connectivity index (χ3n) is 3.26. The Hall–Kier alpha value is -0.940. The monoisotopic (exact) mass is 296 g/mol. The molecule has 0 fully saturated rings. The number of carbonyl (C=O) groups excluding carboxylic acids is 3. The number of carbonyl (C=O) groups is 3. The number of hydrogen-bond acceptors (Lipinski definition) is 5. The van der Waals surface area contributed by atoms with Gasteiger partial charge in [0.1, 0.15) is 6.29 Å². The zero-order chi connectivity index (χ0) is 14.2. The fourth-order valence-corrected chi connectivity index (χ4v) is 4.54. The van der Waals surface area contributed by atoms with Crippen LogP contribution >= 0.6 is 23.1 Å². The van der Waals surface area contributed by atoms with Crippen LogP contribution in [0.4, 0.5) is 0 Å². The largest absolute Gasteiger partial charge is 0.303 e. The van der Waals surface area contributed by atoms with Crippen LogP contribution in [0.2, 0.25) is 0 Å². The van der Waals surface area contributed by atoms with Gasteiger partial charge in [0, 0.05) is 12.0 Å². The Bertz CT molecular complexity index is 555. The Morgan fingerprint density at radius 1 is 1.42 bits per heavy atom. The first-order chi connectivity index (χ1) is 8.89. The number of aldehydes is 1. The van der Waals surface area contributed by atoms with E-state index in [4.69, 9.17) is 0 Å². The van der Waals surface area contributed by atoms with Gasteiger partial charge >= 0.3 is 0 Å². The highest BCUT2D eigenvalue weighted by Crippen LogP contribution is 2.44. The lowest BCUT2D eigenvalue weighted by Gasteiger charge is -2.29. The Balaban J connectivity index is 2.56. The lowest BCUT2D eigenvalue weighted by Crippen LogP contribution is -2.27. The molecule has 0 amide bonds. The van der Waals surface area contributed by atoms with Gasteiger partial charge in [0.2, 0.25) is 0 Å². The van der Waals surface area contributed by atoms with Crippen LogP contribution in [0.1, 0.15) is 52.3 Å². The first kappa shape index (κ1) is 14.5. The maximum absolute atomic E-state index is 12.3. The molecule has 5 heteroatoms. The standard InChI is InChI=1S/C14H16O3S2/c1-14(2)6-8-11(10(17)7-14)13(18-3)19-12(8)9(16)4-5-15/h5H,4,6-7H2,1-3H3. The van der Waals surface area contributed by atoms with Crippen LogP contribution in [0.5, 0.6) is 0 Å². The van der Waals surface area contributed by atoms with Gasteiger partial charge in [-0.15, -0.1) is 23.1 Å². The first-order valence-electron chi connectivity index (χ1n) is 6.09. The summed E-state index contributed by atoms with van der Waals surface area (Å²) >= 11 is 2.86. The van der Waals surface area contributed by atoms with Crippen molar-refractivity contribution in [2.75, 3.05) is 6.26 Å². The van der Waals surface area contributed by atoms with Crippen molar-refractivity contribution in [2.24, 2.45) is 5.41 Å². The molecule has 0 saturated carbocycles. The number of fused-ring (bicyclic) bond motifs is 1. The third kappa shape index (κ3) is 2.67. The van der Waals surface area contributed by atoms with Crippen LogP contribution in [0.15, 0.2) is 4.21 Å². The van der Waals surface area contributed by atoms with E-state index in [1.807, 2.05) is 20.1 Å². The Morgan fingerprint density at radius 2 is 2.11 bits per heavy atom. The maximum Gasteiger partial charge on any atom is 0.180 e. The van der Waals surface area contributed by atoms with Gasteiger partial charge in [-0.3, -0.25) is 9.59 Å². The molecule has 0 atom stereocenters. The van der Waals surface area contributed by atoms with Gasteiger partial charge in [0.15, 0.2) is 11.6 Å². The SMILES string of the molecule is CSc1sc(C(=O)CC=O)c2c1C(=O)CC(C)(C)C2. The minimum absolute atomic E-state index is 0.102. The summed E-state index contributed by atoms with van der Waals surface area (Å²) in [5.74, 6) is -0.0425. The molecule has 1 heterocycles. The predicted molar refractivity (Wildman–Crippen MR) is 77.5 cm³/mol. The van der Waals surface area contributed by atoms with Crippen molar-refractivity contribution in [3.05, 3.63) is 16.0 Å². The van der Waals surface area contributed by atoms with E-state index >= 15 is 0 Å². The lowest BCUT2D eigenvalue weighted by molar-refractivity contribution is -0.107. The second kappa shape index (κ2) is 5.21. The second-order valence-corrected chi connectivity index (χ2v) is 7.61. The molecular formula is C14H16O3S2. The quantitative estimate of drug-likeness (QED) is 0.370. The summed E-state index contributed by atoms with van der Waals surface area (Å²) in [6, 6.07) is 0. The number of rotatable bonds is 4. The van der Waals surface area contributed by atoms with Gasteiger partial charge in [0.05, 0.1) is 15.5 Å². The van der Waals surface area contributed by atoms with E-state index in [9.17, 15) is 14.4 Å². The molecule has 1 aromatic rings. The zero-order valence-electron chi connectivity index (χ0n) is 11.2. The van der Waals surface area contributed by atoms with Crippen molar-refractivity contribution < 1.29 is 14.4 Å². The van der Waals surface area contributed by atoms with Gasteiger partial charge in [-0.2, -0.15) is 0 Å². The van der Waals surface area contributed by atoms with Crippen molar-refractivity contribution >= 4 is 41.0 Å². The molecule has 0 saturated heterocycles. The Morgan fingerprint density at radius 3 is 2.68 bits per heavy atom. The van der Waals surface area contributed by atoms with Crippen LogP contribution in [0.3, 0.4) is 0 Å². The number of ketones is 2. The summed E-state index contributed by atoms with van der Waals surface area (Å²) in [6.45, 7) is 4.08. The summed E-state index contributed by atoms with van der Waals surface area (Å²) in [5.41, 5.74) is 1.48. The van der Waals surface area contributed by atoms with Crippen molar-refractivity contribution in [3.8, 4) is 0 Å². The minimum atomic E-state index is -0.165. The first-order valence-corrected chi connectivity index (χ1v) is 8.13. The van der Waals surface area contributed by atoms with E-state index in [0.717, 1.165) is 21.8 Å². The summed E-state index contributed by atoms with van der Waals surface area (Å²) < 4.78 is 0.907. The van der Waals surface area contributed by atoms with E-state index in [2.05, 4.69) is 0 Å². The second-order valence-electron chi connectivity index (χ2n) is 5.51. The molecule has 19 heavy (non-hydrogen) atoms. The molecule has 1 aliphatic carbocycles. The smallest absolute Gasteiger partial charge is 0.180 e. The van der Waals surface area contributed by atoms with E-state index < -0.39 is 0 Å². The molecule has 0 aliphatic heterocycles. The Labute approximate surface area is 120 Å². The van der Waals surface area contributed by atoms with Gasteiger partial charge < -0.3 is 4.79 Å². The topological polar surface area (TPSA) is 51.2 Å². The van der Waals surface area contributed by atoms with Gasteiger partial charge in [-0.25, -0.2) is 0 Å². The van der Waals surface area contributed by atoms with Crippen molar-refractivity contribution in [3.63, 3.8) is 0 Å². The number of hydrogen-bond donors (Lipinski definition) is 0. The number of thiophene rings is 1. The molecule has 2 rings (SSSR count). The van der Waals surface area contributed by atoms with Gasteiger partial charge in [0.25, 0.3) is 0 Å². The highest BCUT2D eigenvalue weighted by molar-refractivity contribution is 8.00. The molecule has 0 spiro atoms. The predicted octanol–water partition coefficient (Wildman–Crippen LogP) is 3.40. The van der Waals surface area contributed by atoms with Crippen molar-refractivity contribution in [1.29, 1.82) is 0 Å². The zero-order valence-corrected chi connectivity index (χ0v) is 12.9. The summed E-state index contributed by atoms with van der Waals surface area (Å²) in [6.07, 6.45) is 3.68. The summed E-state index contributed by atoms with van der Waals surface area (Å²) in [7, 11) is 0. The normalized spacial score (nSPS) is 17.1. The molecule has 1 aliphatic rings. The fourth-order valence-electron chi connectivity index (χ4n) is 2.49. The molecule has 1 aromatic heterocycles. The van der Waals surface area contributed by atoms with Crippen LogP contribution < -0.4 is 0 Å². The minimum Gasteiger partial charge on any atom is -0.303 e. The molecule has 0 radical (unpaired) electrons. The number of Topliss-reactive ketones (excluding diaryl/α,β-unsaturated/α-hetero) is 2. The lowest BCUT2D eigenvalue weighted by atomic mass is 9.74. The highest BCUT2D eigenvalue weighted by atomic mass is 32.2. The molecule has 0 bridgehead atoms. The summed E-state index contributed by atoms with van der Waals surface area (Å²) in [5, 5.41) is 0. The van der Waals surface area contributed by atoms with Crippen molar-refractivity contribution in [1.82, 2.24) is 0 Å². The van der Waals surface area contributed by atoms with E-state index in [1.54, 1.807) is 0 Å². The Kier molecular flexibility index (Phi) is 3.97. The van der Waals surface area contributed by atoms with Crippen LogP contribution in [0.25, 0.3) is 0 Å². The maximum atomic E-state index is 12.3. The fraction of sp³-hybridized carbons (Fsp3) is 0.500. The average Bonchev–Trinajstić information content (AvgIpc) is 2.66. The van der Waals surface area contributed by atoms with Crippen molar-refractivity contribution in [2.45, 2.75) is 37.3 Å². The molecule has 3 nitrogen and oxygen atoms in total. The van der Waals surface area contributed by atoms with E-state index in [-0.39, 0.29) is 23.4 Å². The van der Waals surface area contributed by atoms with Gasteiger partial charge in [-0.05, 0) is 23.7 Å². The highest BCUT2D eigenvalue weighted by Gasteiger charge is 2.37. The third-order valence-corrected chi connectivity index (χ3v) is 5.65. The van der Waals surface area contributed by atoms with E-state index in [1.165, 1.54) is 23.1 Å². The molecule has 0 aromatic carbocycles. The molecule has 102 valence electrons. The molecule has 0 unspecified atom stereocenters. The van der Waals surface area contributed by atoms with Crippen LogP contribution in [-0.4, -0.2) is 24.1 Å². The average molecular weight is 296 g/mol. The van der Waals surface area contributed by atoms with Crippen LogP contribution in [0, 0.1) is 5.41 Å². The van der Waals surface area contributed by atoms with E-state index in [0.29, 0.717) is 17.6 Å². The number of thioether (sulfide) groups is 1. The molecule has 0 N–H and O–H groups in total. The molecular weight excluding hydrogens is 280 g/mol. The van der Waals surface area contributed by atoms with Gasteiger partial charge in [-0.1, -0.05) is 13.8 Å².